The quantitative estimate of drug-likeness (QED) is 0.145. The topological polar surface area (TPSA) is 113 Å². The number of thioether (sulfide) groups is 1. The third-order valence-corrected chi connectivity index (χ3v) is 6.84. The van der Waals surface area contributed by atoms with E-state index in [9.17, 15) is 10.1 Å². The number of hydrogen-bond donors (Lipinski definition) is 0. The van der Waals surface area contributed by atoms with Crippen molar-refractivity contribution in [3.63, 3.8) is 0 Å². The van der Waals surface area contributed by atoms with Crippen molar-refractivity contribution < 1.29 is 9.34 Å². The first-order valence-corrected chi connectivity index (χ1v) is 12.1. The summed E-state index contributed by atoms with van der Waals surface area (Å²) in [6.07, 6.45) is 0. The van der Waals surface area contributed by atoms with E-state index in [1.54, 1.807) is 12.1 Å². The molecule has 0 fully saturated rings. The van der Waals surface area contributed by atoms with Crippen molar-refractivity contribution in [3.8, 4) is 28.5 Å². The standard InChI is InChI=1S/C26H22N6O3S/c1-16-9-12-22(15-17(16)2)31-23(19-7-5-4-6-8-19)27-30-26(31)36-18(3)24-28-29-25(35-24)20-10-13-21(14-11-20)32(33)34/h4-15,18H,1-3H3. The highest BCUT2D eigenvalue weighted by atomic mass is 32.2. The number of nitrogens with zero attached hydrogens (tertiary/aromatic N) is 6. The van der Waals surface area contributed by atoms with Crippen LogP contribution in [-0.2, 0) is 0 Å². The van der Waals surface area contributed by atoms with E-state index in [1.165, 1.54) is 35.0 Å². The highest BCUT2D eigenvalue weighted by Crippen LogP contribution is 2.37. The molecule has 2 aromatic heterocycles. The first kappa shape index (κ1) is 23.4. The van der Waals surface area contributed by atoms with E-state index < -0.39 is 4.92 Å². The predicted octanol–water partition coefficient (Wildman–Crippen LogP) is 6.36. The second-order valence-electron chi connectivity index (χ2n) is 8.29. The minimum atomic E-state index is -0.447. The molecule has 0 aliphatic heterocycles. The Balaban J connectivity index is 1.47. The third-order valence-electron chi connectivity index (χ3n) is 5.81. The summed E-state index contributed by atoms with van der Waals surface area (Å²) in [5, 5.41) is 28.7. The SMILES string of the molecule is Cc1ccc(-n2c(SC(C)c3nnc(-c4ccc([N+](=O)[O-])cc4)o3)nnc2-c2ccccc2)cc1C. The zero-order valence-electron chi connectivity index (χ0n) is 19.8. The fourth-order valence-electron chi connectivity index (χ4n) is 3.67. The Morgan fingerprint density at radius 3 is 2.33 bits per heavy atom. The lowest BCUT2D eigenvalue weighted by molar-refractivity contribution is -0.384. The maximum Gasteiger partial charge on any atom is 0.269 e. The van der Waals surface area contributed by atoms with Gasteiger partial charge in [-0.25, -0.2) is 0 Å². The van der Waals surface area contributed by atoms with Gasteiger partial charge in [0.1, 0.15) is 0 Å². The normalized spacial score (nSPS) is 12.0. The molecule has 0 aliphatic rings. The molecule has 5 rings (SSSR count). The van der Waals surface area contributed by atoms with E-state index in [0.717, 1.165) is 17.1 Å². The molecule has 36 heavy (non-hydrogen) atoms. The number of rotatable bonds is 7. The molecule has 0 saturated heterocycles. The second kappa shape index (κ2) is 9.74. The minimum Gasteiger partial charge on any atom is -0.419 e. The average molecular weight is 499 g/mol. The lowest BCUT2D eigenvalue weighted by atomic mass is 10.1. The first-order chi connectivity index (χ1) is 17.4. The molecule has 5 aromatic rings. The van der Waals surface area contributed by atoms with Gasteiger partial charge < -0.3 is 4.42 Å². The van der Waals surface area contributed by atoms with Crippen LogP contribution in [0.5, 0.6) is 0 Å². The van der Waals surface area contributed by atoms with Gasteiger partial charge in [-0.2, -0.15) is 0 Å². The molecular formula is C26H22N6O3S. The van der Waals surface area contributed by atoms with Gasteiger partial charge in [-0.05, 0) is 56.2 Å². The molecular weight excluding hydrogens is 476 g/mol. The molecule has 1 atom stereocenters. The van der Waals surface area contributed by atoms with Crippen LogP contribution in [0.4, 0.5) is 5.69 Å². The Morgan fingerprint density at radius 2 is 1.64 bits per heavy atom. The molecule has 0 spiro atoms. The van der Waals surface area contributed by atoms with Gasteiger partial charge in [-0.3, -0.25) is 14.7 Å². The highest BCUT2D eigenvalue weighted by molar-refractivity contribution is 7.99. The van der Waals surface area contributed by atoms with Crippen molar-refractivity contribution in [1.82, 2.24) is 25.0 Å². The molecule has 0 bridgehead atoms. The maximum atomic E-state index is 10.9. The van der Waals surface area contributed by atoms with E-state index in [2.05, 4.69) is 52.4 Å². The van der Waals surface area contributed by atoms with Gasteiger partial charge in [0.25, 0.3) is 5.69 Å². The van der Waals surface area contributed by atoms with Crippen molar-refractivity contribution in [2.24, 2.45) is 0 Å². The molecule has 10 heteroatoms. The first-order valence-electron chi connectivity index (χ1n) is 11.2. The van der Waals surface area contributed by atoms with Crippen molar-refractivity contribution in [2.45, 2.75) is 31.2 Å². The summed E-state index contributed by atoms with van der Waals surface area (Å²) in [5.41, 5.74) is 4.92. The number of non-ortho nitro benzene ring substituents is 1. The molecule has 9 nitrogen and oxygen atoms in total. The number of aryl methyl sites for hydroxylation is 2. The lowest BCUT2D eigenvalue weighted by Gasteiger charge is -2.13. The fourth-order valence-corrected chi connectivity index (χ4v) is 4.57. The van der Waals surface area contributed by atoms with Gasteiger partial charge in [0.05, 0.1) is 15.9 Å². The zero-order valence-corrected chi connectivity index (χ0v) is 20.6. The zero-order chi connectivity index (χ0) is 25.2. The molecule has 3 aromatic carbocycles. The Hall–Kier alpha value is -4.31. The monoisotopic (exact) mass is 498 g/mol. The summed E-state index contributed by atoms with van der Waals surface area (Å²) >= 11 is 1.46. The molecule has 0 N–H and O–H groups in total. The van der Waals surface area contributed by atoms with Crippen LogP contribution in [-0.4, -0.2) is 29.9 Å². The number of nitro benzene ring substituents is 1. The number of nitro groups is 1. The van der Waals surface area contributed by atoms with Crippen LogP contribution in [0.3, 0.4) is 0 Å². The van der Waals surface area contributed by atoms with Crippen molar-refractivity contribution in [3.05, 3.63) is 99.9 Å². The Kier molecular flexibility index (Phi) is 6.34. The largest absolute Gasteiger partial charge is 0.419 e. The second-order valence-corrected chi connectivity index (χ2v) is 9.59. The molecule has 1 unspecified atom stereocenters. The van der Waals surface area contributed by atoms with Gasteiger partial charge in [-0.15, -0.1) is 20.4 Å². The molecule has 180 valence electrons. The lowest BCUT2D eigenvalue weighted by Crippen LogP contribution is -2.02. The molecule has 2 heterocycles. The maximum absolute atomic E-state index is 10.9. The van der Waals surface area contributed by atoms with E-state index in [1.807, 2.05) is 41.8 Å². The molecule has 0 amide bonds. The van der Waals surface area contributed by atoms with Gasteiger partial charge in [0.2, 0.25) is 11.8 Å². The van der Waals surface area contributed by atoms with Gasteiger partial charge in [0, 0.05) is 23.3 Å². The van der Waals surface area contributed by atoms with Gasteiger partial charge >= 0.3 is 0 Å². The predicted molar refractivity (Wildman–Crippen MR) is 137 cm³/mol. The molecule has 0 saturated carbocycles. The summed E-state index contributed by atoms with van der Waals surface area (Å²) in [6, 6.07) is 22.2. The van der Waals surface area contributed by atoms with Crippen LogP contribution in [0.1, 0.15) is 29.2 Å². The van der Waals surface area contributed by atoms with E-state index in [0.29, 0.717) is 22.5 Å². The number of aromatic nitrogens is 5. The Labute approximate surface area is 211 Å². The van der Waals surface area contributed by atoms with Gasteiger partial charge in [0.15, 0.2) is 11.0 Å². The third kappa shape index (κ3) is 4.63. The van der Waals surface area contributed by atoms with Crippen molar-refractivity contribution in [2.75, 3.05) is 0 Å². The summed E-state index contributed by atoms with van der Waals surface area (Å²) < 4.78 is 7.94. The van der Waals surface area contributed by atoms with E-state index in [-0.39, 0.29) is 10.9 Å². The summed E-state index contributed by atoms with van der Waals surface area (Å²) in [5.74, 6) is 1.46. The Morgan fingerprint density at radius 1 is 0.889 bits per heavy atom. The summed E-state index contributed by atoms with van der Waals surface area (Å²) in [7, 11) is 0. The van der Waals surface area contributed by atoms with Crippen LogP contribution < -0.4 is 0 Å². The summed E-state index contributed by atoms with van der Waals surface area (Å²) in [6.45, 7) is 6.12. The minimum absolute atomic E-state index is 0.00214. The fraction of sp³-hybridized carbons (Fsp3) is 0.154. The van der Waals surface area contributed by atoms with Crippen LogP contribution in [0.15, 0.2) is 82.4 Å². The molecule has 0 aliphatic carbocycles. The van der Waals surface area contributed by atoms with Crippen LogP contribution >= 0.6 is 11.8 Å². The van der Waals surface area contributed by atoms with Crippen LogP contribution in [0.2, 0.25) is 0 Å². The molecule has 0 radical (unpaired) electrons. The van der Waals surface area contributed by atoms with Crippen LogP contribution in [0.25, 0.3) is 28.5 Å². The smallest absolute Gasteiger partial charge is 0.269 e. The summed E-state index contributed by atoms with van der Waals surface area (Å²) in [4.78, 5) is 10.5. The van der Waals surface area contributed by atoms with E-state index >= 15 is 0 Å². The highest BCUT2D eigenvalue weighted by Gasteiger charge is 2.23. The van der Waals surface area contributed by atoms with Crippen molar-refractivity contribution in [1.29, 1.82) is 0 Å². The van der Waals surface area contributed by atoms with Crippen LogP contribution in [0, 0.1) is 24.0 Å². The average Bonchev–Trinajstić information content (AvgIpc) is 3.54. The van der Waals surface area contributed by atoms with Crippen molar-refractivity contribution >= 4 is 17.4 Å². The Bertz CT molecular complexity index is 1530. The number of hydrogen-bond acceptors (Lipinski definition) is 8. The number of benzene rings is 3. The van der Waals surface area contributed by atoms with Gasteiger partial charge in [-0.1, -0.05) is 48.2 Å². The van der Waals surface area contributed by atoms with E-state index in [4.69, 9.17) is 4.42 Å².